The van der Waals surface area contributed by atoms with Gasteiger partial charge in [-0.3, -0.25) is 21.6 Å². The molecule has 0 saturated carbocycles. The average Bonchev–Trinajstić information content (AvgIpc) is 1.16. The summed E-state index contributed by atoms with van der Waals surface area (Å²) in [6.45, 7) is 14.8. The highest BCUT2D eigenvalue weighted by Crippen LogP contribution is 2.42. The van der Waals surface area contributed by atoms with Crippen molar-refractivity contribution in [3.63, 3.8) is 0 Å². The van der Waals surface area contributed by atoms with Gasteiger partial charge in [0.05, 0.1) is 82.7 Å². The number of halogens is 4. The van der Waals surface area contributed by atoms with Gasteiger partial charge in [0.25, 0.3) is 0 Å². The number of hydrogen-bond acceptors (Lipinski definition) is 14. The second-order valence-corrected chi connectivity index (χ2v) is 27.7. The maximum absolute atomic E-state index is 10.2. The van der Waals surface area contributed by atoms with Crippen LogP contribution in [0.2, 0.25) is 0 Å². The van der Waals surface area contributed by atoms with Crippen molar-refractivity contribution in [2.45, 2.75) is 78.1 Å². The minimum Gasteiger partial charge on any atom is -0.494 e. The second kappa shape index (κ2) is 27.4. The predicted octanol–water partition coefficient (Wildman–Crippen LogP) is 14.8. The zero-order chi connectivity index (χ0) is 60.9. The molecule has 4 N–H and O–H groups in total. The average molecular weight is 1440 g/mol. The smallest absolute Gasteiger partial charge is 0.119 e. The SMILES string of the molecule is CC1=c2nc(-c3ccc(OCCCBr)cc3)c(-c3ccc(OCCCBr)cc3)nc2=C(c2ccc(C(C)(C)C3=c4nc(-c5ccc(OCCCBr)cc5)c(-c5ccc(OCCCBr)cc5)nc4=C(c4ccc(C(C)(C)C)s4)C(=N)C3=N)s2)C(=N)C1=N. The van der Waals surface area contributed by atoms with Gasteiger partial charge in [-0.2, -0.15) is 0 Å². The molecule has 18 heteroatoms. The summed E-state index contributed by atoms with van der Waals surface area (Å²) in [5, 5.41) is 44.8. The molecule has 0 bridgehead atoms. The molecule has 4 aromatic heterocycles. The van der Waals surface area contributed by atoms with E-state index in [1.165, 1.54) is 11.3 Å². The first-order chi connectivity index (χ1) is 41.4. The van der Waals surface area contributed by atoms with E-state index >= 15 is 0 Å². The molecule has 0 spiro atoms. The number of fused-ring (bicyclic) bond motifs is 2. The first kappa shape index (κ1) is 62.8. The molecule has 8 aromatic rings. The van der Waals surface area contributed by atoms with E-state index in [-0.39, 0.29) is 28.3 Å². The van der Waals surface area contributed by atoms with Crippen molar-refractivity contribution in [2.24, 2.45) is 0 Å². The van der Waals surface area contributed by atoms with Crippen LogP contribution in [0, 0.1) is 21.6 Å². The van der Waals surface area contributed by atoms with E-state index in [1.54, 1.807) is 11.3 Å². The first-order valence-corrected chi connectivity index (χ1v) is 34.6. The number of benzene rings is 4. The predicted molar refractivity (Wildman–Crippen MR) is 369 cm³/mol. The molecule has 0 aliphatic heterocycles. The van der Waals surface area contributed by atoms with Crippen molar-refractivity contribution >= 4 is 132 Å². The van der Waals surface area contributed by atoms with Crippen molar-refractivity contribution in [2.75, 3.05) is 47.7 Å². The third kappa shape index (κ3) is 13.3. The molecule has 0 unspecified atom stereocenters. The molecular formula is C68H66Br4N8O4S2. The summed E-state index contributed by atoms with van der Waals surface area (Å²) in [7, 11) is 0. The summed E-state index contributed by atoms with van der Waals surface area (Å²) in [6, 6.07) is 39.8. The Morgan fingerprint density at radius 2 is 0.698 bits per heavy atom. The molecule has 12 nitrogen and oxygen atoms in total. The highest BCUT2D eigenvalue weighted by atomic mass is 79.9. The molecule has 0 radical (unpaired) electrons. The van der Waals surface area contributed by atoms with Gasteiger partial charge in [-0.1, -0.05) is 98.3 Å². The van der Waals surface area contributed by atoms with Gasteiger partial charge in [0, 0.05) is 90.8 Å². The van der Waals surface area contributed by atoms with Gasteiger partial charge < -0.3 is 18.9 Å². The molecule has 0 atom stereocenters. The van der Waals surface area contributed by atoms with Crippen LogP contribution in [0.4, 0.5) is 0 Å². The molecule has 86 heavy (non-hydrogen) atoms. The Bertz CT molecular complexity index is 4160. The minimum absolute atomic E-state index is 0.0332. The summed E-state index contributed by atoms with van der Waals surface area (Å²) < 4.78 is 24.3. The quantitative estimate of drug-likeness (QED) is 0.0340. The van der Waals surface area contributed by atoms with E-state index in [2.05, 4.69) is 104 Å². The van der Waals surface area contributed by atoms with Crippen LogP contribution in [0.25, 0.3) is 67.3 Å². The molecule has 4 aromatic carbocycles. The number of aromatic nitrogens is 4. The highest BCUT2D eigenvalue weighted by Gasteiger charge is 2.39. The maximum atomic E-state index is 10.2. The first-order valence-electron chi connectivity index (χ1n) is 28.5. The number of rotatable bonds is 24. The molecule has 0 fully saturated rings. The highest BCUT2D eigenvalue weighted by molar-refractivity contribution is 9.09. The third-order valence-corrected chi connectivity index (χ3v) is 20.1. The van der Waals surface area contributed by atoms with Crippen LogP contribution in [0.1, 0.15) is 86.7 Å². The summed E-state index contributed by atoms with van der Waals surface area (Å²) in [5.74, 6) is 2.97. The van der Waals surface area contributed by atoms with Crippen LogP contribution in [0.15, 0.2) is 121 Å². The molecule has 2 aliphatic rings. The molecule has 0 saturated heterocycles. The van der Waals surface area contributed by atoms with Crippen molar-refractivity contribution in [3.8, 4) is 68.0 Å². The second-order valence-electron chi connectivity index (χ2n) is 22.4. The molecule has 2 aliphatic carbocycles. The zero-order valence-electron chi connectivity index (χ0n) is 48.8. The lowest BCUT2D eigenvalue weighted by atomic mass is 9.75. The lowest BCUT2D eigenvalue weighted by molar-refractivity contribution is 0.319. The molecule has 0 amide bonds. The maximum Gasteiger partial charge on any atom is 0.119 e. The summed E-state index contributed by atoms with van der Waals surface area (Å²) in [6.07, 6.45) is 3.47. The summed E-state index contributed by atoms with van der Waals surface area (Å²) in [4.78, 5) is 25.7. The van der Waals surface area contributed by atoms with Crippen LogP contribution in [-0.4, -0.2) is 90.5 Å². The van der Waals surface area contributed by atoms with Crippen molar-refractivity contribution in [3.05, 3.63) is 162 Å². The minimum atomic E-state index is -0.966. The van der Waals surface area contributed by atoms with Crippen LogP contribution < -0.4 is 40.3 Å². The van der Waals surface area contributed by atoms with Gasteiger partial charge in [-0.15, -0.1) is 22.7 Å². The number of hydrogen-bond donors (Lipinski definition) is 4. The number of thiophene rings is 2. The fourth-order valence-electron chi connectivity index (χ4n) is 10.2. The van der Waals surface area contributed by atoms with Gasteiger partial charge in [-0.25, -0.2) is 19.9 Å². The Hall–Kier alpha value is -6.28. The van der Waals surface area contributed by atoms with Gasteiger partial charge in [0.2, 0.25) is 0 Å². The fourth-order valence-corrected chi connectivity index (χ4v) is 13.4. The van der Waals surface area contributed by atoms with Crippen LogP contribution in [0.3, 0.4) is 0 Å². The van der Waals surface area contributed by atoms with E-state index in [4.69, 9.17) is 38.9 Å². The topological polar surface area (TPSA) is 184 Å². The standard InChI is InChI=1S/C68H66Br4N8O4S2/c1-39-55(73)56(74)52(64-59(39)77-60(40-11-19-44(20-12-40)81-35-7-31-69)61(78-64)41-13-21-45(22-14-41)82-36-8-32-70)49-28-30-51(86-49)68(5,6)54-58(76)57(75)53(48-27-29-50(85-48)67(2,3)4)65-66(54)80-63(43-17-25-47(26-18-43)84-38-10-34-72)62(79-65)42-15-23-46(24-16-42)83-37-9-33-71/h11-30,73-76H,7-10,31-38H2,1-6H3. The van der Waals surface area contributed by atoms with Gasteiger partial charge in [0.1, 0.15) is 33.7 Å². The third-order valence-electron chi connectivity index (χ3n) is 14.9. The van der Waals surface area contributed by atoms with Crippen LogP contribution in [-0.2, 0) is 10.8 Å². The zero-order valence-corrected chi connectivity index (χ0v) is 56.8. The van der Waals surface area contributed by atoms with Crippen molar-refractivity contribution < 1.29 is 18.9 Å². The van der Waals surface area contributed by atoms with Gasteiger partial charge in [-0.05, 0) is 159 Å². The van der Waals surface area contributed by atoms with Gasteiger partial charge in [0.15, 0.2) is 0 Å². The molecule has 10 rings (SSSR count). The Morgan fingerprint density at radius 1 is 0.384 bits per heavy atom. The van der Waals surface area contributed by atoms with E-state index in [1.807, 2.05) is 122 Å². The van der Waals surface area contributed by atoms with Crippen LogP contribution in [0.5, 0.6) is 23.0 Å². The van der Waals surface area contributed by atoms with E-state index in [0.717, 1.165) is 107 Å². The number of alkyl halides is 4. The number of nitrogens with zero attached hydrogens (tertiary/aromatic N) is 4. The van der Waals surface area contributed by atoms with E-state index in [0.29, 0.717) is 97.8 Å². The number of nitrogens with one attached hydrogen (secondary N) is 4. The van der Waals surface area contributed by atoms with Gasteiger partial charge >= 0.3 is 0 Å². The number of ether oxygens (including phenoxy) is 4. The summed E-state index contributed by atoms with van der Waals surface area (Å²) >= 11 is 17.1. The van der Waals surface area contributed by atoms with Crippen molar-refractivity contribution in [1.82, 2.24) is 19.9 Å². The fraction of sp³-hybridized carbons (Fsp3) is 0.294. The summed E-state index contributed by atoms with van der Waals surface area (Å²) in [5.41, 5.74) is 6.92. The molecule has 4 heterocycles. The monoisotopic (exact) mass is 1440 g/mol. The lowest BCUT2D eigenvalue weighted by Gasteiger charge is -2.30. The Kier molecular flexibility index (Phi) is 20.0. The van der Waals surface area contributed by atoms with Crippen LogP contribution >= 0.6 is 86.4 Å². The lowest BCUT2D eigenvalue weighted by Crippen LogP contribution is -2.49. The van der Waals surface area contributed by atoms with E-state index < -0.39 is 5.41 Å². The Morgan fingerprint density at radius 3 is 1.05 bits per heavy atom. The van der Waals surface area contributed by atoms with E-state index in [9.17, 15) is 21.6 Å². The largest absolute Gasteiger partial charge is 0.494 e. The Labute approximate surface area is 543 Å². The van der Waals surface area contributed by atoms with Crippen molar-refractivity contribution in [1.29, 1.82) is 21.6 Å². The molecule has 442 valence electrons. The Balaban J connectivity index is 1.19. The normalized spacial score (nSPS) is 13.6. The molecular weight excluding hydrogens is 1380 g/mol.